The molecule has 5 nitrogen and oxygen atoms in total. The molecule has 96 valence electrons. The van der Waals surface area contributed by atoms with E-state index in [0.717, 1.165) is 38.8 Å². The Morgan fingerprint density at radius 3 is 2.59 bits per heavy atom. The Kier molecular flexibility index (Phi) is 3.99. The van der Waals surface area contributed by atoms with E-state index in [9.17, 15) is 9.59 Å². The maximum absolute atomic E-state index is 12.0. The summed E-state index contributed by atoms with van der Waals surface area (Å²) in [6.07, 6.45) is 5.02. The van der Waals surface area contributed by atoms with Gasteiger partial charge in [-0.3, -0.25) is 9.59 Å². The van der Waals surface area contributed by atoms with Crippen LogP contribution in [0.2, 0.25) is 0 Å². The Hall–Kier alpha value is -1.10. The van der Waals surface area contributed by atoms with Gasteiger partial charge in [-0.1, -0.05) is 0 Å². The van der Waals surface area contributed by atoms with Gasteiger partial charge in [0, 0.05) is 19.6 Å². The fourth-order valence-electron chi connectivity index (χ4n) is 2.53. The molecule has 1 atom stereocenters. The van der Waals surface area contributed by atoms with E-state index in [1.807, 2.05) is 4.90 Å². The van der Waals surface area contributed by atoms with Crippen LogP contribution in [0.25, 0.3) is 0 Å². The van der Waals surface area contributed by atoms with Gasteiger partial charge in [0.05, 0.1) is 12.6 Å². The average molecular weight is 239 g/mol. The van der Waals surface area contributed by atoms with Crippen molar-refractivity contribution in [3.05, 3.63) is 0 Å². The summed E-state index contributed by atoms with van der Waals surface area (Å²) in [5.41, 5.74) is 5.71. The van der Waals surface area contributed by atoms with Crippen LogP contribution in [0, 0.1) is 0 Å². The minimum absolute atomic E-state index is 0.0680. The second kappa shape index (κ2) is 5.49. The maximum Gasteiger partial charge on any atom is 0.242 e. The summed E-state index contributed by atoms with van der Waals surface area (Å²) < 4.78 is 0. The van der Waals surface area contributed by atoms with Gasteiger partial charge in [0.2, 0.25) is 11.8 Å². The molecular weight excluding hydrogens is 218 g/mol. The van der Waals surface area contributed by atoms with Crippen molar-refractivity contribution < 1.29 is 9.59 Å². The lowest BCUT2D eigenvalue weighted by molar-refractivity contribution is -0.143. The Morgan fingerprint density at radius 2 is 1.88 bits per heavy atom. The van der Waals surface area contributed by atoms with Crippen molar-refractivity contribution in [3.63, 3.8) is 0 Å². The van der Waals surface area contributed by atoms with Crippen LogP contribution >= 0.6 is 0 Å². The molecule has 2 saturated heterocycles. The molecule has 0 radical (unpaired) electrons. The van der Waals surface area contributed by atoms with Crippen LogP contribution in [0.1, 0.15) is 32.1 Å². The first-order valence-corrected chi connectivity index (χ1v) is 6.50. The summed E-state index contributed by atoms with van der Waals surface area (Å²) in [6.45, 7) is 2.57. The van der Waals surface area contributed by atoms with Crippen molar-refractivity contribution >= 4 is 11.8 Å². The largest absolute Gasteiger partial charge is 0.341 e. The highest BCUT2D eigenvalue weighted by atomic mass is 16.2. The Morgan fingerprint density at radius 1 is 1.18 bits per heavy atom. The van der Waals surface area contributed by atoms with E-state index in [0.29, 0.717) is 6.54 Å². The number of likely N-dealkylation sites (tertiary alicyclic amines) is 2. The number of carbonyl (C=O) groups excluding carboxylic acids is 2. The Labute approximate surface area is 102 Å². The van der Waals surface area contributed by atoms with Crippen LogP contribution in [0.3, 0.4) is 0 Å². The van der Waals surface area contributed by atoms with E-state index in [2.05, 4.69) is 0 Å². The van der Waals surface area contributed by atoms with Gasteiger partial charge in [-0.25, -0.2) is 0 Å². The van der Waals surface area contributed by atoms with Crippen molar-refractivity contribution in [1.82, 2.24) is 9.80 Å². The number of hydrogen-bond donors (Lipinski definition) is 1. The van der Waals surface area contributed by atoms with E-state index >= 15 is 0 Å². The summed E-state index contributed by atoms with van der Waals surface area (Å²) in [5, 5.41) is 0. The molecule has 5 heteroatoms. The van der Waals surface area contributed by atoms with Gasteiger partial charge in [0.1, 0.15) is 0 Å². The van der Waals surface area contributed by atoms with E-state index in [4.69, 9.17) is 5.73 Å². The smallest absolute Gasteiger partial charge is 0.242 e. The molecule has 0 aromatic heterocycles. The first kappa shape index (κ1) is 12.4. The molecule has 0 saturated carbocycles. The monoisotopic (exact) mass is 239 g/mol. The third-order valence-corrected chi connectivity index (χ3v) is 3.61. The Bertz CT molecular complexity index is 300. The maximum atomic E-state index is 12.0. The zero-order valence-electron chi connectivity index (χ0n) is 10.2. The second-order valence-corrected chi connectivity index (χ2v) is 4.95. The van der Waals surface area contributed by atoms with Crippen molar-refractivity contribution in [3.8, 4) is 0 Å². The van der Waals surface area contributed by atoms with Crippen LogP contribution in [-0.2, 0) is 9.59 Å². The molecule has 1 unspecified atom stereocenters. The van der Waals surface area contributed by atoms with Crippen molar-refractivity contribution in [2.75, 3.05) is 26.2 Å². The number of carbonyl (C=O) groups is 2. The fraction of sp³-hybridized carbons (Fsp3) is 0.833. The number of nitrogens with zero attached hydrogens (tertiary/aromatic N) is 2. The van der Waals surface area contributed by atoms with Crippen LogP contribution in [0.4, 0.5) is 0 Å². The summed E-state index contributed by atoms with van der Waals surface area (Å²) in [7, 11) is 0. The van der Waals surface area contributed by atoms with Gasteiger partial charge in [-0.2, -0.15) is 0 Å². The molecule has 17 heavy (non-hydrogen) atoms. The molecule has 0 bridgehead atoms. The first-order valence-electron chi connectivity index (χ1n) is 6.50. The van der Waals surface area contributed by atoms with Crippen molar-refractivity contribution in [2.45, 2.75) is 38.1 Å². The highest BCUT2D eigenvalue weighted by Gasteiger charge is 2.28. The van der Waals surface area contributed by atoms with Gasteiger partial charge in [-0.15, -0.1) is 0 Å². The molecule has 0 aromatic carbocycles. The van der Waals surface area contributed by atoms with Crippen LogP contribution in [0.5, 0.6) is 0 Å². The third-order valence-electron chi connectivity index (χ3n) is 3.61. The molecule has 2 amide bonds. The molecule has 2 heterocycles. The highest BCUT2D eigenvalue weighted by Crippen LogP contribution is 2.12. The molecule has 2 rings (SSSR count). The van der Waals surface area contributed by atoms with Crippen LogP contribution in [0.15, 0.2) is 0 Å². The van der Waals surface area contributed by atoms with E-state index in [1.54, 1.807) is 4.90 Å². The zero-order valence-corrected chi connectivity index (χ0v) is 10.2. The van der Waals surface area contributed by atoms with Gasteiger partial charge >= 0.3 is 0 Å². The van der Waals surface area contributed by atoms with E-state index in [1.165, 1.54) is 6.42 Å². The van der Waals surface area contributed by atoms with Crippen LogP contribution in [-0.4, -0.2) is 53.8 Å². The lowest BCUT2D eigenvalue weighted by Gasteiger charge is -2.33. The molecular formula is C12H21N3O2. The standard InChI is InChI=1S/C12H21N3O2/c13-10-5-4-8-15(12(10)17)9-11(16)14-6-2-1-3-7-14/h10H,1-9,13H2. The van der Waals surface area contributed by atoms with Gasteiger partial charge in [0.25, 0.3) is 0 Å². The van der Waals surface area contributed by atoms with Crippen LogP contribution < -0.4 is 5.73 Å². The van der Waals surface area contributed by atoms with E-state index < -0.39 is 6.04 Å². The second-order valence-electron chi connectivity index (χ2n) is 4.95. The molecule has 0 aliphatic carbocycles. The van der Waals surface area contributed by atoms with Crippen molar-refractivity contribution in [2.24, 2.45) is 5.73 Å². The average Bonchev–Trinajstić information content (AvgIpc) is 2.36. The number of hydrogen-bond acceptors (Lipinski definition) is 3. The molecule has 2 aliphatic heterocycles. The highest BCUT2D eigenvalue weighted by molar-refractivity contribution is 5.87. The quantitative estimate of drug-likeness (QED) is 0.734. The zero-order chi connectivity index (χ0) is 12.3. The van der Waals surface area contributed by atoms with Crippen molar-refractivity contribution in [1.29, 1.82) is 0 Å². The molecule has 2 N–H and O–H groups in total. The summed E-state index contributed by atoms with van der Waals surface area (Å²) in [6, 6.07) is -0.405. The summed E-state index contributed by atoms with van der Waals surface area (Å²) in [5.74, 6) is 0.00811. The molecule has 0 spiro atoms. The van der Waals surface area contributed by atoms with Gasteiger partial charge in [-0.05, 0) is 32.1 Å². The summed E-state index contributed by atoms with van der Waals surface area (Å²) in [4.78, 5) is 27.3. The number of piperidine rings is 2. The van der Waals surface area contributed by atoms with Gasteiger partial charge < -0.3 is 15.5 Å². The lowest BCUT2D eigenvalue weighted by Crippen LogP contribution is -2.52. The number of nitrogens with two attached hydrogens (primary N) is 1. The Balaban J connectivity index is 1.86. The predicted molar refractivity (Wildman–Crippen MR) is 64.2 cm³/mol. The topological polar surface area (TPSA) is 66.6 Å². The number of rotatable bonds is 2. The van der Waals surface area contributed by atoms with Gasteiger partial charge in [0.15, 0.2) is 0 Å². The lowest BCUT2D eigenvalue weighted by atomic mass is 10.1. The minimum atomic E-state index is -0.405. The SMILES string of the molecule is NC1CCCN(CC(=O)N2CCCCC2)C1=O. The first-order chi connectivity index (χ1) is 8.18. The summed E-state index contributed by atoms with van der Waals surface area (Å²) >= 11 is 0. The predicted octanol–water partition coefficient (Wildman–Crippen LogP) is -0.0514. The third kappa shape index (κ3) is 2.97. The van der Waals surface area contributed by atoms with E-state index in [-0.39, 0.29) is 18.4 Å². The molecule has 0 aromatic rings. The minimum Gasteiger partial charge on any atom is -0.341 e. The molecule has 2 aliphatic rings. The normalized spacial score (nSPS) is 26.2. The fourth-order valence-corrected chi connectivity index (χ4v) is 2.53. The number of amides is 2. The molecule has 2 fully saturated rings.